The molecule has 0 fully saturated rings. The van der Waals surface area contributed by atoms with Gasteiger partial charge in [-0.1, -0.05) is 35.0 Å². The van der Waals surface area contributed by atoms with E-state index in [1.165, 1.54) is 18.9 Å². The summed E-state index contributed by atoms with van der Waals surface area (Å²) in [5.41, 5.74) is 0.486. The minimum Gasteiger partial charge on any atom is -0.495 e. The largest absolute Gasteiger partial charge is 0.495 e. The van der Waals surface area contributed by atoms with Crippen LogP contribution in [0, 0.1) is 11.5 Å². The average Bonchev–Trinajstić information content (AvgIpc) is 2.31. The fourth-order valence-electron chi connectivity index (χ4n) is 1.04. The number of nitrogens with zero attached hydrogens (tertiary/aromatic N) is 2. The van der Waals surface area contributed by atoms with Crippen LogP contribution in [0.2, 0.25) is 10.0 Å². The highest BCUT2D eigenvalue weighted by Crippen LogP contribution is 2.35. The molecule has 0 aliphatic heterocycles. The van der Waals surface area contributed by atoms with Gasteiger partial charge in [-0.05, 0) is 12.3 Å². The van der Waals surface area contributed by atoms with E-state index in [9.17, 15) is 0 Å². The normalized spacial score (nSPS) is 10.9. The van der Waals surface area contributed by atoms with Gasteiger partial charge in [0.2, 0.25) is 0 Å². The van der Waals surface area contributed by atoms with Gasteiger partial charge in [-0.3, -0.25) is 5.32 Å². The van der Waals surface area contributed by atoms with Gasteiger partial charge in [0.15, 0.2) is 11.4 Å². The summed E-state index contributed by atoms with van der Waals surface area (Å²) in [6, 6.07) is 3.16. The van der Waals surface area contributed by atoms with Crippen molar-refractivity contribution in [2.45, 2.75) is 0 Å². The molecule has 17 heavy (non-hydrogen) atoms. The number of benzene rings is 1. The molecule has 1 aromatic carbocycles. The lowest BCUT2D eigenvalue weighted by atomic mass is 10.3. The van der Waals surface area contributed by atoms with Crippen molar-refractivity contribution in [3.8, 4) is 11.9 Å². The van der Waals surface area contributed by atoms with Crippen molar-refractivity contribution in [2.24, 2.45) is 4.99 Å². The quantitative estimate of drug-likeness (QED) is 0.392. The summed E-state index contributed by atoms with van der Waals surface area (Å²) in [5, 5.41) is 12.2. The first-order valence-electron chi connectivity index (χ1n) is 4.43. The zero-order valence-corrected chi connectivity index (χ0v) is 11.4. The molecule has 0 saturated heterocycles. The molecule has 7 heteroatoms. The molecule has 1 aromatic rings. The minimum atomic E-state index is 0.391. The minimum absolute atomic E-state index is 0.391. The number of aliphatic imine (C=N–C) groups is 1. The number of hydrogen-bond donors (Lipinski definition) is 1. The van der Waals surface area contributed by atoms with Crippen molar-refractivity contribution in [1.82, 2.24) is 5.32 Å². The molecule has 4 nitrogen and oxygen atoms in total. The number of nitrogens with one attached hydrogen (secondary N) is 1. The molecule has 0 heterocycles. The van der Waals surface area contributed by atoms with Crippen LogP contribution in [0.3, 0.4) is 0 Å². The fourth-order valence-corrected chi connectivity index (χ4v) is 1.88. The predicted molar refractivity (Wildman–Crippen MR) is 72.4 cm³/mol. The van der Waals surface area contributed by atoms with Gasteiger partial charge in [-0.15, -0.1) is 0 Å². The van der Waals surface area contributed by atoms with E-state index in [0.29, 0.717) is 26.6 Å². The van der Waals surface area contributed by atoms with Crippen LogP contribution < -0.4 is 10.1 Å². The van der Waals surface area contributed by atoms with Gasteiger partial charge in [0.25, 0.3) is 0 Å². The summed E-state index contributed by atoms with van der Waals surface area (Å²) in [7, 11) is 1.51. The second kappa shape index (κ2) is 6.60. The number of hydrogen-bond acceptors (Lipinski definition) is 4. The Morgan fingerprint density at radius 2 is 2.18 bits per heavy atom. The number of nitriles is 1. The number of rotatable bonds is 2. The maximum atomic E-state index is 8.53. The standard InChI is InChI=1S/C10H9Cl2N3OS/c1-16-9-4-8(6(11)3-7(9)12)15-10(17-2)14-5-13/h3-4H,1-2H3,(H,14,15). The zero-order chi connectivity index (χ0) is 12.8. The van der Waals surface area contributed by atoms with Crippen molar-refractivity contribution in [3.05, 3.63) is 22.2 Å². The highest BCUT2D eigenvalue weighted by Gasteiger charge is 2.08. The fraction of sp³-hybridized carbons (Fsp3) is 0.200. The molecule has 0 saturated carbocycles. The smallest absolute Gasteiger partial charge is 0.183 e. The summed E-state index contributed by atoms with van der Waals surface area (Å²) >= 11 is 13.2. The Hall–Kier alpha value is -1.09. The van der Waals surface area contributed by atoms with E-state index in [0.717, 1.165) is 0 Å². The molecular formula is C10H9Cl2N3OS. The Morgan fingerprint density at radius 3 is 2.71 bits per heavy atom. The molecule has 0 aromatic heterocycles. The van der Waals surface area contributed by atoms with E-state index in [1.54, 1.807) is 24.6 Å². The molecule has 90 valence electrons. The molecule has 1 rings (SSSR count). The van der Waals surface area contributed by atoms with Gasteiger partial charge in [0.1, 0.15) is 5.75 Å². The van der Waals surface area contributed by atoms with E-state index in [4.69, 9.17) is 33.2 Å². The molecule has 0 bridgehead atoms. The van der Waals surface area contributed by atoms with E-state index < -0.39 is 0 Å². The van der Waals surface area contributed by atoms with Gasteiger partial charge >= 0.3 is 0 Å². The summed E-state index contributed by atoms with van der Waals surface area (Å²) < 4.78 is 5.06. The van der Waals surface area contributed by atoms with Crippen LogP contribution in [-0.4, -0.2) is 18.5 Å². The first kappa shape index (κ1) is 14.0. The molecule has 0 atom stereocenters. The summed E-state index contributed by atoms with van der Waals surface area (Å²) in [4.78, 5) is 4.19. The number of amidine groups is 1. The van der Waals surface area contributed by atoms with Gasteiger partial charge in [0.05, 0.1) is 22.8 Å². The highest BCUT2D eigenvalue weighted by atomic mass is 35.5. The Kier molecular flexibility index (Phi) is 5.42. The lowest BCUT2D eigenvalue weighted by molar-refractivity contribution is 0.415. The van der Waals surface area contributed by atoms with Crippen LogP contribution in [0.5, 0.6) is 5.75 Å². The zero-order valence-electron chi connectivity index (χ0n) is 9.12. The summed E-state index contributed by atoms with van der Waals surface area (Å²) in [6.45, 7) is 0. The first-order valence-corrected chi connectivity index (χ1v) is 6.41. The first-order chi connectivity index (χ1) is 8.12. The monoisotopic (exact) mass is 289 g/mol. The van der Waals surface area contributed by atoms with E-state index in [2.05, 4.69) is 10.3 Å². The third-order valence-corrected chi connectivity index (χ3v) is 2.98. The van der Waals surface area contributed by atoms with Gasteiger partial charge in [0, 0.05) is 6.07 Å². The number of thioether (sulfide) groups is 1. The van der Waals surface area contributed by atoms with Crippen molar-refractivity contribution < 1.29 is 4.74 Å². The second-order valence-corrected chi connectivity index (χ2v) is 4.41. The Bertz CT molecular complexity index is 485. The predicted octanol–water partition coefficient (Wildman–Crippen LogP) is 3.42. The lowest BCUT2D eigenvalue weighted by Gasteiger charge is -2.06. The maximum Gasteiger partial charge on any atom is 0.183 e. The van der Waals surface area contributed by atoms with Crippen molar-refractivity contribution in [1.29, 1.82) is 5.26 Å². The molecule has 0 unspecified atom stereocenters. The SMILES string of the molecule is COc1cc(N=C(NC#N)SC)c(Cl)cc1Cl. The highest BCUT2D eigenvalue weighted by molar-refractivity contribution is 8.13. The molecule has 0 aliphatic rings. The number of methoxy groups -OCH3 is 1. The van der Waals surface area contributed by atoms with Crippen molar-refractivity contribution in [2.75, 3.05) is 13.4 Å². The lowest BCUT2D eigenvalue weighted by Crippen LogP contribution is -2.12. The molecule has 0 aliphatic carbocycles. The van der Waals surface area contributed by atoms with Gasteiger partial charge in [-0.25, -0.2) is 4.99 Å². The van der Waals surface area contributed by atoms with Crippen molar-refractivity contribution >= 4 is 45.8 Å². The Balaban J connectivity index is 3.18. The van der Waals surface area contributed by atoms with E-state index >= 15 is 0 Å². The molecule has 1 N–H and O–H groups in total. The number of halogens is 2. The Labute approximate surface area is 114 Å². The van der Waals surface area contributed by atoms with Gasteiger partial charge in [-0.2, -0.15) is 5.26 Å². The topological polar surface area (TPSA) is 57.4 Å². The molecule has 0 radical (unpaired) electrons. The van der Waals surface area contributed by atoms with Crippen LogP contribution in [0.1, 0.15) is 0 Å². The van der Waals surface area contributed by atoms with E-state index in [1.807, 2.05) is 0 Å². The third kappa shape index (κ3) is 3.70. The third-order valence-electron chi connectivity index (χ3n) is 1.80. The maximum absolute atomic E-state index is 8.53. The van der Waals surface area contributed by atoms with Crippen molar-refractivity contribution in [3.63, 3.8) is 0 Å². The average molecular weight is 290 g/mol. The second-order valence-electron chi connectivity index (χ2n) is 2.80. The van der Waals surface area contributed by atoms with Crippen LogP contribution in [0.4, 0.5) is 5.69 Å². The van der Waals surface area contributed by atoms with Crippen LogP contribution in [0.25, 0.3) is 0 Å². The van der Waals surface area contributed by atoms with Crippen LogP contribution in [0.15, 0.2) is 17.1 Å². The van der Waals surface area contributed by atoms with Crippen LogP contribution >= 0.6 is 35.0 Å². The molecular weight excluding hydrogens is 281 g/mol. The van der Waals surface area contributed by atoms with Crippen LogP contribution in [-0.2, 0) is 0 Å². The van der Waals surface area contributed by atoms with Gasteiger partial charge < -0.3 is 4.74 Å². The Morgan fingerprint density at radius 1 is 1.47 bits per heavy atom. The summed E-state index contributed by atoms with van der Waals surface area (Å²) in [5.74, 6) is 0.479. The molecule has 0 amide bonds. The summed E-state index contributed by atoms with van der Waals surface area (Å²) in [6.07, 6.45) is 3.59. The molecule has 0 spiro atoms. The van der Waals surface area contributed by atoms with E-state index in [-0.39, 0.29) is 0 Å². The number of ether oxygens (including phenoxy) is 1.